The van der Waals surface area contributed by atoms with Gasteiger partial charge in [0.25, 0.3) is 5.56 Å². The summed E-state index contributed by atoms with van der Waals surface area (Å²) < 4.78 is 14.3. The minimum absolute atomic E-state index is 0.0310. The van der Waals surface area contributed by atoms with E-state index in [2.05, 4.69) is 5.32 Å². The molecule has 0 saturated carbocycles. The first-order valence-electron chi connectivity index (χ1n) is 11.3. The summed E-state index contributed by atoms with van der Waals surface area (Å²) >= 11 is 0. The van der Waals surface area contributed by atoms with E-state index in [1.807, 2.05) is 50.2 Å². The Morgan fingerprint density at radius 2 is 1.74 bits per heavy atom. The molecule has 0 saturated heterocycles. The number of anilines is 1. The van der Waals surface area contributed by atoms with Gasteiger partial charge in [-0.2, -0.15) is 0 Å². The summed E-state index contributed by atoms with van der Waals surface area (Å²) in [7, 11) is 1.77. The highest BCUT2D eigenvalue weighted by molar-refractivity contribution is 5.96. The molecule has 1 N–H and O–H groups in total. The molecule has 0 spiro atoms. The first-order chi connectivity index (χ1) is 16.8. The predicted molar refractivity (Wildman–Crippen MR) is 134 cm³/mol. The number of furan rings is 1. The lowest BCUT2D eigenvalue weighted by molar-refractivity contribution is -0.116. The molecule has 1 amide bonds. The second-order valence-corrected chi connectivity index (χ2v) is 8.74. The smallest absolute Gasteiger partial charge is 0.339 e. The van der Waals surface area contributed by atoms with Crippen LogP contribution in [0.1, 0.15) is 28.8 Å². The Hall–Kier alpha value is -4.33. The van der Waals surface area contributed by atoms with Gasteiger partial charge in [0.05, 0.1) is 17.6 Å². The molecule has 3 aromatic heterocycles. The normalized spacial score (nSPS) is 11.4. The molecule has 3 heterocycles. The zero-order valence-corrected chi connectivity index (χ0v) is 20.0. The van der Waals surface area contributed by atoms with Crippen molar-refractivity contribution in [2.75, 3.05) is 5.32 Å². The van der Waals surface area contributed by atoms with Crippen molar-refractivity contribution in [1.82, 2.24) is 9.36 Å². The van der Waals surface area contributed by atoms with Crippen LogP contribution in [0.5, 0.6) is 0 Å². The fourth-order valence-electron chi connectivity index (χ4n) is 4.48. The minimum atomic E-state index is -0.479. The molecule has 0 aliphatic rings. The van der Waals surface area contributed by atoms with Crippen LogP contribution in [0, 0.1) is 20.8 Å². The maximum absolute atomic E-state index is 13.0. The van der Waals surface area contributed by atoms with Gasteiger partial charge in [-0.1, -0.05) is 18.2 Å². The quantitative estimate of drug-likeness (QED) is 0.380. The first-order valence-corrected chi connectivity index (χ1v) is 11.3. The monoisotopic (exact) mass is 471 g/mol. The average molecular weight is 472 g/mol. The van der Waals surface area contributed by atoms with E-state index in [0.29, 0.717) is 28.1 Å². The molecule has 0 aliphatic carbocycles. The van der Waals surface area contributed by atoms with Crippen molar-refractivity contribution in [3.8, 4) is 5.69 Å². The van der Waals surface area contributed by atoms with Crippen LogP contribution in [-0.2, 0) is 18.3 Å². The van der Waals surface area contributed by atoms with Gasteiger partial charge in [0.15, 0.2) is 0 Å². The van der Waals surface area contributed by atoms with Crippen LogP contribution in [0.4, 0.5) is 5.69 Å². The highest BCUT2D eigenvalue weighted by Crippen LogP contribution is 2.29. The maximum atomic E-state index is 13.0. The summed E-state index contributed by atoms with van der Waals surface area (Å²) in [6.45, 7) is 5.58. The largest absolute Gasteiger partial charge is 0.464 e. The van der Waals surface area contributed by atoms with E-state index in [1.165, 1.54) is 4.68 Å². The van der Waals surface area contributed by atoms with Crippen molar-refractivity contribution < 1.29 is 13.6 Å². The third-order valence-corrected chi connectivity index (χ3v) is 6.60. The van der Waals surface area contributed by atoms with E-state index in [4.69, 9.17) is 8.83 Å². The van der Waals surface area contributed by atoms with Crippen LogP contribution in [0.2, 0.25) is 0 Å². The lowest BCUT2D eigenvalue weighted by atomic mass is 10.0. The van der Waals surface area contributed by atoms with Gasteiger partial charge in [-0.05, 0) is 56.5 Å². The van der Waals surface area contributed by atoms with Crippen LogP contribution in [0.3, 0.4) is 0 Å². The van der Waals surface area contributed by atoms with E-state index < -0.39 is 5.63 Å². The van der Waals surface area contributed by atoms with Crippen LogP contribution in [-0.4, -0.2) is 15.3 Å². The van der Waals surface area contributed by atoms with Crippen LogP contribution in [0.25, 0.3) is 27.6 Å². The number of fused-ring (bicyclic) bond motifs is 2. The van der Waals surface area contributed by atoms with E-state index >= 15 is 0 Å². The van der Waals surface area contributed by atoms with Crippen molar-refractivity contribution in [1.29, 1.82) is 0 Å². The average Bonchev–Trinajstić information content (AvgIpc) is 3.30. The number of nitrogens with zero attached hydrogens (tertiary/aromatic N) is 2. The zero-order valence-electron chi connectivity index (χ0n) is 20.0. The second kappa shape index (κ2) is 8.47. The Bertz CT molecular complexity index is 1720. The highest BCUT2D eigenvalue weighted by Gasteiger charge is 2.19. The van der Waals surface area contributed by atoms with Gasteiger partial charge in [0.1, 0.15) is 16.9 Å². The number of aromatic nitrogens is 2. The van der Waals surface area contributed by atoms with Gasteiger partial charge in [-0.3, -0.25) is 14.3 Å². The van der Waals surface area contributed by atoms with E-state index in [-0.39, 0.29) is 30.0 Å². The first kappa shape index (κ1) is 22.5. The predicted octanol–water partition coefficient (Wildman–Crippen LogP) is 4.53. The van der Waals surface area contributed by atoms with Gasteiger partial charge >= 0.3 is 5.63 Å². The molecular formula is C27H25N3O5. The van der Waals surface area contributed by atoms with Gasteiger partial charge in [0, 0.05) is 35.9 Å². The van der Waals surface area contributed by atoms with E-state index in [0.717, 1.165) is 21.9 Å². The Morgan fingerprint density at radius 1 is 1.00 bits per heavy atom. The molecule has 0 fully saturated rings. The number of aryl methyl sites for hydroxylation is 2. The van der Waals surface area contributed by atoms with Crippen molar-refractivity contribution in [2.45, 2.75) is 33.6 Å². The van der Waals surface area contributed by atoms with Crippen LogP contribution in [0.15, 0.2) is 67.2 Å². The van der Waals surface area contributed by atoms with Crippen molar-refractivity contribution in [2.24, 2.45) is 7.05 Å². The number of hydrogen-bond donors (Lipinski definition) is 1. The molecule has 2 aromatic carbocycles. The molecule has 35 heavy (non-hydrogen) atoms. The number of benzene rings is 2. The van der Waals surface area contributed by atoms with E-state index in [1.54, 1.807) is 31.0 Å². The molecule has 8 heteroatoms. The number of amides is 1. The number of nitrogens with one attached hydrogen (secondary N) is 1. The summed E-state index contributed by atoms with van der Waals surface area (Å²) in [6, 6.07) is 12.9. The molecule has 5 aromatic rings. The molecule has 0 atom stereocenters. The Balaban J connectivity index is 1.41. The number of carbonyl (C=O) groups excluding carboxylic acids is 1. The lowest BCUT2D eigenvalue weighted by Crippen LogP contribution is -2.23. The van der Waals surface area contributed by atoms with Crippen LogP contribution < -0.4 is 16.5 Å². The standard InChI is InChI=1S/C27H25N3O5/c1-15-14-34-22-13-23-21(12-20(15)22)16(2)19(27(33)35-23)10-11-24(31)28-25-17(3)29(4)30(26(25)32)18-8-6-5-7-9-18/h5-9,12-14H,10-11H2,1-4H3,(H,28,31). The van der Waals surface area contributed by atoms with Crippen LogP contribution >= 0.6 is 0 Å². The fraction of sp³-hybridized carbons (Fsp3) is 0.222. The van der Waals surface area contributed by atoms with Gasteiger partial charge < -0.3 is 14.2 Å². The Morgan fingerprint density at radius 3 is 2.49 bits per heavy atom. The molecule has 0 unspecified atom stereocenters. The summed E-state index contributed by atoms with van der Waals surface area (Å²) in [5.41, 5.74) is 4.08. The maximum Gasteiger partial charge on any atom is 0.339 e. The molecule has 5 rings (SSSR count). The third-order valence-electron chi connectivity index (χ3n) is 6.60. The Labute approximate surface area is 200 Å². The Kier molecular flexibility index (Phi) is 5.43. The number of carbonyl (C=O) groups is 1. The summed E-state index contributed by atoms with van der Waals surface area (Å²) in [4.78, 5) is 38.5. The summed E-state index contributed by atoms with van der Waals surface area (Å²) in [5, 5.41) is 4.50. The minimum Gasteiger partial charge on any atom is -0.464 e. The molecular weight excluding hydrogens is 446 g/mol. The lowest BCUT2D eigenvalue weighted by Gasteiger charge is -2.08. The van der Waals surface area contributed by atoms with Crippen molar-refractivity contribution >= 4 is 33.5 Å². The van der Waals surface area contributed by atoms with Gasteiger partial charge in [-0.15, -0.1) is 0 Å². The second-order valence-electron chi connectivity index (χ2n) is 8.74. The molecule has 0 radical (unpaired) electrons. The summed E-state index contributed by atoms with van der Waals surface area (Å²) in [5.74, 6) is -0.351. The molecule has 8 nitrogen and oxygen atoms in total. The molecule has 0 aliphatic heterocycles. The zero-order chi connectivity index (χ0) is 24.9. The van der Waals surface area contributed by atoms with Gasteiger partial charge in [0.2, 0.25) is 5.91 Å². The van der Waals surface area contributed by atoms with Crippen molar-refractivity contribution in [3.05, 3.63) is 91.9 Å². The highest BCUT2D eigenvalue weighted by atomic mass is 16.4. The van der Waals surface area contributed by atoms with E-state index in [9.17, 15) is 14.4 Å². The fourth-order valence-corrected chi connectivity index (χ4v) is 4.48. The van der Waals surface area contributed by atoms with Crippen molar-refractivity contribution in [3.63, 3.8) is 0 Å². The topological polar surface area (TPSA) is 99.4 Å². The molecule has 0 bridgehead atoms. The number of hydrogen-bond acceptors (Lipinski definition) is 5. The molecule has 178 valence electrons. The SMILES string of the molecule is Cc1coc2cc3oc(=O)c(CCC(=O)Nc4c(C)n(C)n(-c5ccccc5)c4=O)c(C)c3cc12. The number of rotatable bonds is 5. The number of para-hydroxylation sites is 1. The summed E-state index contributed by atoms with van der Waals surface area (Å²) in [6.07, 6.45) is 1.89. The van der Waals surface area contributed by atoms with Gasteiger partial charge in [-0.25, -0.2) is 9.48 Å². The third kappa shape index (κ3) is 3.77.